The van der Waals surface area contributed by atoms with Gasteiger partial charge in [0, 0.05) is 24.9 Å². The van der Waals surface area contributed by atoms with Crippen molar-refractivity contribution >= 4 is 29.5 Å². The highest BCUT2D eigenvalue weighted by Crippen LogP contribution is 2.38. The van der Waals surface area contributed by atoms with Crippen molar-refractivity contribution < 1.29 is 45.1 Å². The summed E-state index contributed by atoms with van der Waals surface area (Å²) >= 11 is 0. The van der Waals surface area contributed by atoms with Crippen molar-refractivity contribution in [1.82, 2.24) is 10.2 Å². The molecule has 0 radical (unpaired) electrons. The third-order valence-corrected chi connectivity index (χ3v) is 6.08. The number of amides is 3. The van der Waals surface area contributed by atoms with Crippen LogP contribution in [0.15, 0.2) is 48.5 Å². The topological polar surface area (TPSA) is 105 Å². The minimum atomic E-state index is -5.13. The summed E-state index contributed by atoms with van der Waals surface area (Å²) in [7, 11) is 0. The fourth-order valence-electron chi connectivity index (χ4n) is 3.98. The Balaban J connectivity index is 1.90. The summed E-state index contributed by atoms with van der Waals surface area (Å²) in [6.45, 7) is -0.458. The summed E-state index contributed by atoms with van der Waals surface area (Å²) in [5.74, 6) is -2.83. The summed E-state index contributed by atoms with van der Waals surface area (Å²) in [6, 6.07) is 5.69. The summed E-state index contributed by atoms with van der Waals surface area (Å²) < 4.78 is 92.7. The zero-order valence-corrected chi connectivity index (χ0v) is 20.1. The summed E-state index contributed by atoms with van der Waals surface area (Å²) in [5, 5.41) is 4.55. The number of benzene rings is 2. The Morgan fingerprint density at radius 1 is 0.923 bits per heavy atom. The van der Waals surface area contributed by atoms with E-state index in [1.165, 1.54) is 23.1 Å². The minimum Gasteiger partial charge on any atom is -0.341 e. The van der Waals surface area contributed by atoms with Gasteiger partial charge in [-0.05, 0) is 54.8 Å². The predicted octanol–water partition coefficient (Wildman–Crippen LogP) is 3.95. The minimum absolute atomic E-state index is 0.0677. The first-order valence-corrected chi connectivity index (χ1v) is 11.5. The maximum absolute atomic E-state index is 13.3. The van der Waals surface area contributed by atoms with Crippen LogP contribution in [-0.2, 0) is 26.7 Å². The number of carbonyl (C=O) groups is 3. The number of nitrogens with zero attached hydrogens (tertiary/aromatic N) is 1. The van der Waals surface area contributed by atoms with Crippen molar-refractivity contribution in [3.05, 3.63) is 71.0 Å². The molecule has 39 heavy (non-hydrogen) atoms. The van der Waals surface area contributed by atoms with Crippen LogP contribution in [-0.4, -0.2) is 47.8 Å². The number of nitrogens with one attached hydrogen (secondary N) is 2. The van der Waals surface area contributed by atoms with Gasteiger partial charge in [0.15, 0.2) is 0 Å². The monoisotopic (exact) mass is 560 g/mol. The van der Waals surface area contributed by atoms with Crippen LogP contribution >= 0.6 is 0 Å². The lowest BCUT2D eigenvalue weighted by atomic mass is 9.85. The normalized spacial score (nSPS) is 15.7. The number of halogens is 7. The Labute approximate surface area is 217 Å². The molecule has 1 heterocycles. The summed E-state index contributed by atoms with van der Waals surface area (Å²) in [4.78, 5) is 39.3. The second-order valence-corrected chi connectivity index (χ2v) is 8.79. The molecule has 4 N–H and O–H groups in total. The standard InChI is InChI=1S/C25H23F7N4O3/c26-18-4-1-15(2-5-18)3-6-20(37)35-23(7-9-36(10-8-23)21(38)14-33)22(39)34-19-12-16(24(27,28)29)11-17(13-19)25(30,31)32/h1-6,11-13H,7-10,14,33H2,(H,34,39)(H,35,37). The van der Waals surface area contributed by atoms with Crippen molar-refractivity contribution in [2.24, 2.45) is 5.73 Å². The Morgan fingerprint density at radius 2 is 1.46 bits per heavy atom. The Morgan fingerprint density at radius 3 is 1.95 bits per heavy atom. The van der Waals surface area contributed by atoms with Gasteiger partial charge in [-0.15, -0.1) is 0 Å². The molecule has 3 rings (SSSR count). The molecule has 0 atom stereocenters. The zero-order chi connectivity index (χ0) is 29.0. The van der Waals surface area contributed by atoms with E-state index in [1.54, 1.807) is 0 Å². The Kier molecular flexibility index (Phi) is 8.68. The maximum atomic E-state index is 13.3. The first-order chi connectivity index (χ1) is 18.1. The number of likely N-dealkylation sites (tertiary alicyclic amines) is 1. The Hall–Kier alpha value is -3.94. The number of hydrogen-bond donors (Lipinski definition) is 3. The van der Waals surface area contributed by atoms with Gasteiger partial charge in [-0.25, -0.2) is 4.39 Å². The number of nitrogens with two attached hydrogens (primary N) is 1. The van der Waals surface area contributed by atoms with Crippen LogP contribution in [0.2, 0.25) is 0 Å². The van der Waals surface area contributed by atoms with Gasteiger partial charge in [-0.3, -0.25) is 14.4 Å². The number of alkyl halides is 6. The number of hydrogen-bond acceptors (Lipinski definition) is 4. The second kappa shape index (κ2) is 11.4. The fraction of sp³-hybridized carbons (Fsp3) is 0.320. The predicted molar refractivity (Wildman–Crippen MR) is 126 cm³/mol. The van der Waals surface area contributed by atoms with Crippen molar-refractivity contribution in [3.8, 4) is 0 Å². The third-order valence-electron chi connectivity index (χ3n) is 6.08. The van der Waals surface area contributed by atoms with E-state index in [0.29, 0.717) is 17.7 Å². The van der Waals surface area contributed by atoms with Crippen LogP contribution in [0.1, 0.15) is 29.5 Å². The third kappa shape index (κ3) is 7.56. The van der Waals surface area contributed by atoms with Crippen molar-refractivity contribution in [2.45, 2.75) is 30.7 Å². The molecule has 14 heteroatoms. The highest BCUT2D eigenvalue weighted by molar-refractivity contribution is 6.03. The molecule has 0 spiro atoms. The van der Waals surface area contributed by atoms with Crippen molar-refractivity contribution in [3.63, 3.8) is 0 Å². The van der Waals surface area contributed by atoms with Gasteiger partial charge in [0.1, 0.15) is 11.4 Å². The molecule has 0 bridgehead atoms. The van der Waals surface area contributed by atoms with Crippen molar-refractivity contribution in [2.75, 3.05) is 25.0 Å². The molecule has 1 fully saturated rings. The number of anilines is 1. The first-order valence-electron chi connectivity index (χ1n) is 11.5. The quantitative estimate of drug-likeness (QED) is 0.368. The molecule has 0 aromatic heterocycles. The zero-order valence-electron chi connectivity index (χ0n) is 20.1. The average Bonchev–Trinajstić information content (AvgIpc) is 2.87. The second-order valence-electron chi connectivity index (χ2n) is 8.79. The molecule has 2 aromatic rings. The summed E-state index contributed by atoms with van der Waals surface area (Å²) in [5.41, 5.74) is -0.0249. The van der Waals surface area contributed by atoms with Crippen LogP contribution < -0.4 is 16.4 Å². The molecular weight excluding hydrogens is 537 g/mol. The molecule has 210 valence electrons. The van der Waals surface area contributed by atoms with Crippen LogP contribution in [0.5, 0.6) is 0 Å². The molecule has 1 aliphatic rings. The fourth-order valence-corrected chi connectivity index (χ4v) is 3.98. The highest BCUT2D eigenvalue weighted by atomic mass is 19.4. The van der Waals surface area contributed by atoms with Gasteiger partial charge in [0.25, 0.3) is 0 Å². The molecule has 2 aromatic carbocycles. The molecule has 3 amide bonds. The van der Waals surface area contributed by atoms with E-state index in [9.17, 15) is 45.1 Å². The van der Waals surface area contributed by atoms with E-state index in [2.05, 4.69) is 10.6 Å². The number of carbonyl (C=O) groups excluding carboxylic acids is 3. The molecule has 7 nitrogen and oxygen atoms in total. The van der Waals surface area contributed by atoms with Crippen molar-refractivity contribution in [1.29, 1.82) is 0 Å². The van der Waals surface area contributed by atoms with E-state index < -0.39 is 58.2 Å². The lowest BCUT2D eigenvalue weighted by Crippen LogP contribution is -2.62. The van der Waals surface area contributed by atoms with E-state index in [-0.39, 0.29) is 38.5 Å². The lowest BCUT2D eigenvalue weighted by Gasteiger charge is -2.40. The maximum Gasteiger partial charge on any atom is 0.416 e. The molecule has 0 aliphatic carbocycles. The van der Waals surface area contributed by atoms with Gasteiger partial charge in [0.2, 0.25) is 17.7 Å². The van der Waals surface area contributed by atoms with Crippen LogP contribution in [0.25, 0.3) is 6.08 Å². The van der Waals surface area contributed by atoms with E-state index in [0.717, 1.165) is 18.2 Å². The van der Waals surface area contributed by atoms with E-state index >= 15 is 0 Å². The van der Waals surface area contributed by atoms with Gasteiger partial charge < -0.3 is 21.3 Å². The molecule has 1 saturated heterocycles. The smallest absolute Gasteiger partial charge is 0.341 e. The lowest BCUT2D eigenvalue weighted by molar-refractivity contribution is -0.143. The van der Waals surface area contributed by atoms with Gasteiger partial charge >= 0.3 is 12.4 Å². The van der Waals surface area contributed by atoms with E-state index in [4.69, 9.17) is 5.73 Å². The average molecular weight is 560 g/mol. The van der Waals surface area contributed by atoms with Crippen LogP contribution in [0, 0.1) is 5.82 Å². The first kappa shape index (κ1) is 29.6. The Bertz CT molecular complexity index is 1220. The molecule has 0 saturated carbocycles. The largest absolute Gasteiger partial charge is 0.416 e. The van der Waals surface area contributed by atoms with Crippen LogP contribution in [0.3, 0.4) is 0 Å². The highest BCUT2D eigenvalue weighted by Gasteiger charge is 2.44. The van der Waals surface area contributed by atoms with Gasteiger partial charge in [0.05, 0.1) is 17.7 Å². The summed E-state index contributed by atoms with van der Waals surface area (Å²) in [6.07, 6.45) is -8.32. The molecular formula is C25H23F7N4O3. The SMILES string of the molecule is NCC(=O)N1CCC(NC(=O)C=Cc2ccc(F)cc2)(C(=O)Nc2cc(C(F)(F)F)cc(C(F)(F)F)c2)CC1. The number of rotatable bonds is 6. The van der Waals surface area contributed by atoms with Gasteiger partial charge in [-0.2, -0.15) is 26.3 Å². The van der Waals surface area contributed by atoms with E-state index in [1.807, 2.05) is 0 Å². The molecule has 1 aliphatic heterocycles. The van der Waals surface area contributed by atoms with Crippen LogP contribution in [0.4, 0.5) is 36.4 Å². The van der Waals surface area contributed by atoms with Gasteiger partial charge in [-0.1, -0.05) is 12.1 Å². The number of piperidine rings is 1. The molecule has 0 unspecified atom stereocenters.